The topological polar surface area (TPSA) is 49.4 Å². The van der Waals surface area contributed by atoms with Crippen LogP contribution in [-0.2, 0) is 22.6 Å². The second kappa shape index (κ2) is 9.34. The van der Waals surface area contributed by atoms with Crippen molar-refractivity contribution in [2.45, 2.75) is 32.4 Å². The van der Waals surface area contributed by atoms with Gasteiger partial charge in [0.25, 0.3) is 0 Å². The molecule has 2 aromatic carbocycles. The molecule has 0 aromatic heterocycles. The fraction of sp³-hybridized carbons (Fsp3) is 0.300. The first-order valence-electron chi connectivity index (χ1n) is 8.45. The van der Waals surface area contributed by atoms with E-state index in [4.69, 9.17) is 11.6 Å². The van der Waals surface area contributed by atoms with Crippen LogP contribution in [0, 0.1) is 5.82 Å². The molecule has 0 bridgehead atoms. The van der Waals surface area contributed by atoms with Gasteiger partial charge < -0.3 is 10.2 Å². The molecule has 0 unspecified atom stereocenters. The third-order valence-corrected chi connectivity index (χ3v) is 4.60. The monoisotopic (exact) mass is 376 g/mol. The summed E-state index contributed by atoms with van der Waals surface area (Å²) in [6, 6.07) is 12.6. The predicted octanol–water partition coefficient (Wildman–Crippen LogP) is 3.58. The highest BCUT2D eigenvalue weighted by molar-refractivity contribution is 6.31. The van der Waals surface area contributed by atoms with Crippen LogP contribution in [-0.4, -0.2) is 29.8 Å². The number of nitrogens with one attached hydrogen (secondary N) is 1. The lowest BCUT2D eigenvalue weighted by Crippen LogP contribution is -2.48. The molecule has 0 aliphatic rings. The van der Waals surface area contributed by atoms with Crippen molar-refractivity contribution in [1.29, 1.82) is 0 Å². The molecule has 1 atom stereocenters. The molecule has 2 rings (SSSR count). The van der Waals surface area contributed by atoms with E-state index < -0.39 is 11.9 Å². The summed E-state index contributed by atoms with van der Waals surface area (Å²) < 4.78 is 13.9. The second-order valence-corrected chi connectivity index (χ2v) is 6.33. The molecule has 0 saturated heterocycles. The molecule has 0 heterocycles. The Morgan fingerprint density at radius 2 is 1.73 bits per heavy atom. The fourth-order valence-corrected chi connectivity index (χ4v) is 3.00. The van der Waals surface area contributed by atoms with Gasteiger partial charge in [-0.25, -0.2) is 4.39 Å². The maximum atomic E-state index is 13.9. The number of benzene rings is 2. The minimum absolute atomic E-state index is 0.120. The van der Waals surface area contributed by atoms with Crippen LogP contribution >= 0.6 is 11.6 Å². The minimum atomic E-state index is -0.657. The molecule has 26 heavy (non-hydrogen) atoms. The Balaban J connectivity index is 2.32. The number of carbonyl (C=O) groups excluding carboxylic acids is 2. The van der Waals surface area contributed by atoms with Gasteiger partial charge in [0.1, 0.15) is 11.9 Å². The number of carbonyl (C=O) groups is 2. The number of nitrogens with zero attached hydrogens (tertiary/aromatic N) is 1. The van der Waals surface area contributed by atoms with Gasteiger partial charge in [0.2, 0.25) is 11.8 Å². The molecule has 4 nitrogen and oxygen atoms in total. The van der Waals surface area contributed by atoms with E-state index in [1.807, 2.05) is 19.1 Å². The smallest absolute Gasteiger partial charge is 0.242 e. The van der Waals surface area contributed by atoms with E-state index in [1.54, 1.807) is 30.3 Å². The van der Waals surface area contributed by atoms with Crippen LogP contribution in [0.15, 0.2) is 48.5 Å². The molecule has 0 radical (unpaired) electrons. The molecule has 0 spiro atoms. The van der Waals surface area contributed by atoms with Crippen molar-refractivity contribution >= 4 is 23.4 Å². The Labute approximate surface area is 158 Å². The van der Waals surface area contributed by atoms with Crippen molar-refractivity contribution in [2.75, 3.05) is 7.05 Å². The van der Waals surface area contributed by atoms with Crippen LogP contribution in [0.2, 0.25) is 5.02 Å². The normalized spacial score (nSPS) is 11.7. The molecular formula is C20H22ClFN2O2. The average Bonchev–Trinajstić information content (AvgIpc) is 2.64. The zero-order valence-corrected chi connectivity index (χ0v) is 15.6. The lowest BCUT2D eigenvalue weighted by molar-refractivity contribution is -0.140. The number of likely N-dealkylation sites (N-methyl/N-ethyl adjacent to an activating group) is 1. The van der Waals surface area contributed by atoms with Crippen LogP contribution in [0.4, 0.5) is 4.39 Å². The van der Waals surface area contributed by atoms with Crippen LogP contribution in [0.25, 0.3) is 0 Å². The van der Waals surface area contributed by atoms with Crippen LogP contribution in [0.5, 0.6) is 0 Å². The summed E-state index contributed by atoms with van der Waals surface area (Å²) in [6.45, 7) is 2.01. The van der Waals surface area contributed by atoms with E-state index in [-0.39, 0.29) is 24.8 Å². The number of rotatable bonds is 7. The third-order valence-electron chi connectivity index (χ3n) is 4.23. The van der Waals surface area contributed by atoms with Gasteiger partial charge in [-0.05, 0) is 29.7 Å². The van der Waals surface area contributed by atoms with Gasteiger partial charge >= 0.3 is 0 Å². The summed E-state index contributed by atoms with van der Waals surface area (Å²) in [5.74, 6) is -1.03. The van der Waals surface area contributed by atoms with Crippen molar-refractivity contribution in [3.05, 3.63) is 70.5 Å². The number of hydrogen-bond donors (Lipinski definition) is 1. The second-order valence-electron chi connectivity index (χ2n) is 5.92. The van der Waals surface area contributed by atoms with E-state index in [1.165, 1.54) is 18.0 Å². The standard InChI is InChI=1S/C20H22ClFN2O2/c1-3-18(20(26)23-2)24(13-15-9-4-6-10-16(15)21)19(25)12-14-8-5-7-11-17(14)22/h4-11,18H,3,12-13H2,1-2H3,(H,23,26)/t18-/m0/s1. The lowest BCUT2D eigenvalue weighted by atomic mass is 10.1. The zero-order valence-electron chi connectivity index (χ0n) is 14.8. The molecule has 138 valence electrons. The molecule has 0 fully saturated rings. The molecule has 0 aliphatic heterocycles. The molecule has 0 saturated carbocycles. The van der Waals surface area contributed by atoms with Crippen molar-refractivity contribution in [1.82, 2.24) is 10.2 Å². The summed E-state index contributed by atoms with van der Waals surface area (Å²) >= 11 is 6.22. The first kappa shape index (κ1) is 19.9. The SMILES string of the molecule is CC[C@@H](C(=O)NC)N(Cc1ccccc1Cl)C(=O)Cc1ccccc1F. The molecule has 0 aliphatic carbocycles. The van der Waals surface area contributed by atoms with Crippen LogP contribution < -0.4 is 5.32 Å². The van der Waals surface area contributed by atoms with Crippen molar-refractivity contribution < 1.29 is 14.0 Å². The zero-order chi connectivity index (χ0) is 19.1. The molecule has 1 N–H and O–H groups in total. The predicted molar refractivity (Wildman–Crippen MR) is 100 cm³/mol. The Morgan fingerprint density at radius 1 is 1.12 bits per heavy atom. The molecule has 6 heteroatoms. The largest absolute Gasteiger partial charge is 0.357 e. The first-order chi connectivity index (χ1) is 12.5. The summed E-state index contributed by atoms with van der Waals surface area (Å²) in [6.07, 6.45) is 0.317. The van der Waals surface area contributed by atoms with E-state index in [9.17, 15) is 14.0 Å². The number of hydrogen-bond acceptors (Lipinski definition) is 2. The maximum absolute atomic E-state index is 13.9. The van der Waals surface area contributed by atoms with Gasteiger partial charge in [0.15, 0.2) is 0 Å². The Kier molecular flexibility index (Phi) is 7.16. The quantitative estimate of drug-likeness (QED) is 0.803. The number of amides is 2. The van der Waals surface area contributed by atoms with E-state index in [2.05, 4.69) is 5.32 Å². The number of halogens is 2. The fourth-order valence-electron chi connectivity index (χ4n) is 2.80. The molecular weight excluding hydrogens is 355 g/mol. The highest BCUT2D eigenvalue weighted by atomic mass is 35.5. The van der Waals surface area contributed by atoms with Gasteiger partial charge in [-0.3, -0.25) is 9.59 Å². The highest BCUT2D eigenvalue weighted by Gasteiger charge is 2.28. The van der Waals surface area contributed by atoms with Crippen molar-refractivity contribution in [2.24, 2.45) is 0 Å². The summed E-state index contributed by atoms with van der Waals surface area (Å²) in [5.41, 5.74) is 1.03. The van der Waals surface area contributed by atoms with Crippen molar-refractivity contribution in [3.63, 3.8) is 0 Å². The Morgan fingerprint density at radius 3 is 2.31 bits per heavy atom. The van der Waals surface area contributed by atoms with Crippen LogP contribution in [0.1, 0.15) is 24.5 Å². The van der Waals surface area contributed by atoms with Crippen molar-refractivity contribution in [3.8, 4) is 0 Å². The van der Waals surface area contributed by atoms with Crippen LogP contribution in [0.3, 0.4) is 0 Å². The Hall–Kier alpha value is -2.40. The van der Waals surface area contributed by atoms with Gasteiger partial charge in [-0.2, -0.15) is 0 Å². The molecule has 2 aromatic rings. The first-order valence-corrected chi connectivity index (χ1v) is 8.83. The summed E-state index contributed by atoms with van der Waals surface area (Å²) in [7, 11) is 1.53. The Bertz CT molecular complexity index is 782. The highest BCUT2D eigenvalue weighted by Crippen LogP contribution is 2.21. The van der Waals surface area contributed by atoms with Gasteiger partial charge in [0, 0.05) is 18.6 Å². The summed E-state index contributed by atoms with van der Waals surface area (Å²) in [5, 5.41) is 3.10. The van der Waals surface area contributed by atoms with Gasteiger partial charge in [0.05, 0.1) is 6.42 Å². The minimum Gasteiger partial charge on any atom is -0.357 e. The van der Waals surface area contributed by atoms with E-state index >= 15 is 0 Å². The van der Waals surface area contributed by atoms with Gasteiger partial charge in [-0.15, -0.1) is 0 Å². The third kappa shape index (κ3) is 4.82. The molecule has 2 amide bonds. The van der Waals surface area contributed by atoms with Gasteiger partial charge in [-0.1, -0.05) is 54.9 Å². The van der Waals surface area contributed by atoms with E-state index in [0.29, 0.717) is 17.0 Å². The maximum Gasteiger partial charge on any atom is 0.242 e. The average molecular weight is 377 g/mol. The van der Waals surface area contributed by atoms with E-state index in [0.717, 1.165) is 5.56 Å². The summed E-state index contributed by atoms with van der Waals surface area (Å²) in [4.78, 5) is 26.7. The lowest BCUT2D eigenvalue weighted by Gasteiger charge is -2.30.